The van der Waals surface area contributed by atoms with Crippen molar-refractivity contribution in [3.63, 3.8) is 0 Å². The van der Waals surface area contributed by atoms with Crippen molar-refractivity contribution in [1.82, 2.24) is 19.8 Å². The number of fused-ring (bicyclic) bond motifs is 1. The fourth-order valence-electron chi connectivity index (χ4n) is 5.11. The predicted molar refractivity (Wildman–Crippen MR) is 142 cm³/mol. The molecule has 0 aliphatic carbocycles. The van der Waals surface area contributed by atoms with E-state index in [1.807, 2.05) is 17.0 Å². The van der Waals surface area contributed by atoms with Crippen LogP contribution in [-0.2, 0) is 0 Å². The van der Waals surface area contributed by atoms with Crippen LogP contribution in [0.1, 0.15) is 28.6 Å². The summed E-state index contributed by atoms with van der Waals surface area (Å²) in [6.07, 6.45) is 2.83. The Labute approximate surface area is 211 Å². The third-order valence-corrected chi connectivity index (χ3v) is 8.29. The highest BCUT2D eigenvalue weighted by Gasteiger charge is 2.28. The molecule has 2 aliphatic heterocycles. The van der Waals surface area contributed by atoms with Gasteiger partial charge < -0.3 is 19.4 Å². The Morgan fingerprint density at radius 3 is 2.49 bits per heavy atom. The summed E-state index contributed by atoms with van der Waals surface area (Å²) in [7, 11) is 1.69. The number of benzene rings is 1. The molecule has 8 nitrogen and oxygen atoms in total. The van der Waals surface area contributed by atoms with Crippen LogP contribution in [0.5, 0.6) is 5.75 Å². The number of hydrogen-bond acceptors (Lipinski definition) is 8. The van der Waals surface area contributed by atoms with Gasteiger partial charge in [0.2, 0.25) is 0 Å². The lowest BCUT2D eigenvalue weighted by Crippen LogP contribution is -2.48. The van der Waals surface area contributed by atoms with E-state index < -0.39 is 0 Å². The second-order valence-electron chi connectivity index (χ2n) is 9.24. The maximum absolute atomic E-state index is 13.6. The van der Waals surface area contributed by atoms with Gasteiger partial charge in [0.15, 0.2) is 0 Å². The largest absolute Gasteiger partial charge is 0.497 e. The van der Waals surface area contributed by atoms with Crippen molar-refractivity contribution in [2.75, 3.05) is 75.8 Å². The number of nitrogens with zero attached hydrogens (tertiary/aromatic N) is 6. The number of methoxy groups -OCH3 is 1. The van der Waals surface area contributed by atoms with Crippen LogP contribution in [0.4, 0.5) is 11.5 Å². The molecule has 0 bridgehead atoms. The number of rotatable bonds is 6. The van der Waals surface area contributed by atoms with Crippen LogP contribution in [0.15, 0.2) is 30.6 Å². The van der Waals surface area contributed by atoms with Crippen molar-refractivity contribution in [3.8, 4) is 5.75 Å². The molecule has 5 rings (SSSR count). The van der Waals surface area contributed by atoms with E-state index >= 15 is 0 Å². The molecule has 9 heteroatoms. The number of amides is 1. The molecule has 35 heavy (non-hydrogen) atoms. The lowest BCUT2D eigenvalue weighted by Gasteiger charge is -2.36. The molecule has 2 aliphatic rings. The van der Waals surface area contributed by atoms with Crippen LogP contribution in [0.3, 0.4) is 0 Å². The number of anilines is 2. The Bertz CT molecular complexity index is 1180. The van der Waals surface area contributed by atoms with Crippen molar-refractivity contribution >= 4 is 39.0 Å². The standard InChI is InChI=1S/C26H34N6O2S/c1-4-8-29-9-11-31(12-10-29)24-22-19(2)23(35-25(22)28-18-27-24)26(33)32-15-13-30(14-16-32)20-6-5-7-21(17-20)34-3/h5-7,17-18H,4,8-16H2,1-3H3. The number of thiophene rings is 1. The summed E-state index contributed by atoms with van der Waals surface area (Å²) in [6.45, 7) is 12.4. The van der Waals surface area contributed by atoms with Crippen molar-refractivity contribution in [2.24, 2.45) is 0 Å². The molecule has 1 amide bonds. The van der Waals surface area contributed by atoms with E-state index in [-0.39, 0.29) is 5.91 Å². The van der Waals surface area contributed by atoms with Gasteiger partial charge in [-0.2, -0.15) is 0 Å². The average Bonchev–Trinajstić information content (AvgIpc) is 3.25. The number of hydrogen-bond donors (Lipinski definition) is 0. The van der Waals surface area contributed by atoms with Gasteiger partial charge >= 0.3 is 0 Å². The smallest absolute Gasteiger partial charge is 0.264 e. The molecule has 186 valence electrons. The van der Waals surface area contributed by atoms with Crippen LogP contribution >= 0.6 is 11.3 Å². The van der Waals surface area contributed by atoms with Gasteiger partial charge in [-0.3, -0.25) is 9.69 Å². The van der Waals surface area contributed by atoms with E-state index in [1.165, 1.54) is 17.8 Å². The van der Waals surface area contributed by atoms with Gasteiger partial charge in [-0.05, 0) is 37.6 Å². The van der Waals surface area contributed by atoms with Crippen LogP contribution in [-0.4, -0.2) is 91.7 Å². The fraction of sp³-hybridized carbons (Fsp3) is 0.500. The Morgan fingerprint density at radius 1 is 1.03 bits per heavy atom. The van der Waals surface area contributed by atoms with Crippen LogP contribution in [0, 0.1) is 6.92 Å². The number of aromatic nitrogens is 2. The van der Waals surface area contributed by atoms with E-state index in [9.17, 15) is 4.79 Å². The molecule has 0 spiro atoms. The SMILES string of the molecule is CCCN1CCN(c2ncnc3sc(C(=O)N4CCN(c5cccc(OC)c5)CC4)c(C)c23)CC1. The number of carbonyl (C=O) groups is 1. The van der Waals surface area contributed by atoms with Crippen molar-refractivity contribution in [2.45, 2.75) is 20.3 Å². The molecule has 3 aromatic rings. The maximum atomic E-state index is 13.6. The topological polar surface area (TPSA) is 65.0 Å². The lowest BCUT2D eigenvalue weighted by molar-refractivity contribution is 0.0751. The van der Waals surface area contributed by atoms with Crippen molar-refractivity contribution in [1.29, 1.82) is 0 Å². The molecule has 0 unspecified atom stereocenters. The van der Waals surface area contributed by atoms with E-state index in [0.717, 1.165) is 83.7 Å². The van der Waals surface area contributed by atoms with Crippen LogP contribution in [0.2, 0.25) is 0 Å². The van der Waals surface area contributed by atoms with Crippen molar-refractivity contribution < 1.29 is 9.53 Å². The summed E-state index contributed by atoms with van der Waals surface area (Å²) >= 11 is 1.51. The minimum Gasteiger partial charge on any atom is -0.497 e. The first-order chi connectivity index (χ1) is 17.1. The zero-order valence-corrected chi connectivity index (χ0v) is 21.7. The quantitative estimate of drug-likeness (QED) is 0.520. The van der Waals surface area contributed by atoms with E-state index in [4.69, 9.17) is 4.74 Å². The van der Waals surface area contributed by atoms with E-state index in [0.29, 0.717) is 13.1 Å². The number of ether oxygens (including phenoxy) is 1. The minimum absolute atomic E-state index is 0.106. The van der Waals surface area contributed by atoms with Gasteiger partial charge in [0.25, 0.3) is 5.91 Å². The van der Waals surface area contributed by atoms with Gasteiger partial charge in [-0.1, -0.05) is 13.0 Å². The van der Waals surface area contributed by atoms with E-state index in [2.05, 4.69) is 50.6 Å². The Morgan fingerprint density at radius 2 is 1.77 bits per heavy atom. The van der Waals surface area contributed by atoms with Gasteiger partial charge in [0.1, 0.15) is 22.7 Å². The van der Waals surface area contributed by atoms with Gasteiger partial charge in [-0.25, -0.2) is 9.97 Å². The second kappa shape index (κ2) is 10.4. The number of carbonyl (C=O) groups excluding carboxylic acids is 1. The third kappa shape index (κ3) is 4.79. The van der Waals surface area contributed by atoms with Gasteiger partial charge in [0, 0.05) is 64.1 Å². The number of piperazine rings is 2. The molecule has 0 radical (unpaired) electrons. The fourth-order valence-corrected chi connectivity index (χ4v) is 6.23. The summed E-state index contributed by atoms with van der Waals surface area (Å²) in [4.78, 5) is 33.6. The summed E-state index contributed by atoms with van der Waals surface area (Å²) in [5.41, 5.74) is 2.14. The summed E-state index contributed by atoms with van der Waals surface area (Å²) in [6, 6.07) is 8.11. The summed E-state index contributed by atoms with van der Waals surface area (Å²) < 4.78 is 5.37. The lowest BCUT2D eigenvalue weighted by atomic mass is 10.1. The minimum atomic E-state index is 0.106. The molecule has 0 saturated carbocycles. The van der Waals surface area contributed by atoms with Crippen molar-refractivity contribution in [3.05, 3.63) is 41.0 Å². The Balaban J connectivity index is 1.31. The van der Waals surface area contributed by atoms with Gasteiger partial charge in [-0.15, -0.1) is 11.3 Å². The average molecular weight is 495 g/mol. The normalized spacial score (nSPS) is 17.3. The summed E-state index contributed by atoms with van der Waals surface area (Å²) in [5, 5.41) is 1.04. The van der Waals surface area contributed by atoms with Crippen LogP contribution < -0.4 is 14.5 Å². The molecule has 0 atom stereocenters. The second-order valence-corrected chi connectivity index (χ2v) is 10.2. The predicted octanol–water partition coefficient (Wildman–Crippen LogP) is 3.50. The first-order valence-corrected chi connectivity index (χ1v) is 13.3. The monoisotopic (exact) mass is 494 g/mol. The first kappa shape index (κ1) is 23.8. The van der Waals surface area contributed by atoms with Gasteiger partial charge in [0.05, 0.1) is 17.4 Å². The molecular weight excluding hydrogens is 460 g/mol. The van der Waals surface area contributed by atoms with E-state index in [1.54, 1.807) is 13.4 Å². The highest BCUT2D eigenvalue weighted by atomic mass is 32.1. The maximum Gasteiger partial charge on any atom is 0.264 e. The van der Waals surface area contributed by atoms with Crippen LogP contribution in [0.25, 0.3) is 10.2 Å². The highest BCUT2D eigenvalue weighted by Crippen LogP contribution is 2.36. The summed E-state index contributed by atoms with van der Waals surface area (Å²) in [5.74, 6) is 1.93. The first-order valence-electron chi connectivity index (χ1n) is 12.5. The third-order valence-electron chi connectivity index (χ3n) is 7.10. The molecule has 4 heterocycles. The Hall–Kier alpha value is -2.91. The number of aryl methyl sites for hydroxylation is 1. The highest BCUT2D eigenvalue weighted by molar-refractivity contribution is 7.20. The zero-order valence-electron chi connectivity index (χ0n) is 20.9. The molecule has 2 aromatic heterocycles. The molecule has 2 saturated heterocycles. The molecule has 0 N–H and O–H groups in total. The molecule has 1 aromatic carbocycles. The zero-order chi connectivity index (χ0) is 24.4. The molecular formula is C26H34N6O2S. The molecule has 2 fully saturated rings. The Kier molecular flexibility index (Phi) is 7.06.